The summed E-state index contributed by atoms with van der Waals surface area (Å²) >= 11 is 0. The molecular formula is C16H20N2. The van der Waals surface area contributed by atoms with Gasteiger partial charge in [-0.2, -0.15) is 0 Å². The number of aryl methyl sites for hydroxylation is 1. The van der Waals surface area contributed by atoms with Gasteiger partial charge < -0.3 is 11.1 Å². The van der Waals surface area contributed by atoms with Gasteiger partial charge in [0.05, 0.1) is 6.04 Å². The Hall–Kier alpha value is -1.38. The average Bonchev–Trinajstić information content (AvgIpc) is 3.09. The zero-order valence-electron chi connectivity index (χ0n) is 11.0. The van der Waals surface area contributed by atoms with Crippen molar-refractivity contribution in [2.24, 2.45) is 5.73 Å². The van der Waals surface area contributed by atoms with E-state index >= 15 is 0 Å². The first-order valence-electron chi connectivity index (χ1n) is 6.59. The van der Waals surface area contributed by atoms with E-state index in [4.69, 9.17) is 5.73 Å². The molecule has 2 aromatic carbocycles. The first-order valence-corrected chi connectivity index (χ1v) is 6.59. The highest BCUT2D eigenvalue weighted by Gasteiger charge is 2.45. The maximum Gasteiger partial charge on any atom is 0.0500 e. The monoisotopic (exact) mass is 240 g/mol. The lowest BCUT2D eigenvalue weighted by Gasteiger charge is -2.23. The molecule has 94 valence electrons. The number of hydrogen-bond donors (Lipinski definition) is 2. The highest BCUT2D eigenvalue weighted by Crippen LogP contribution is 2.43. The van der Waals surface area contributed by atoms with Crippen LogP contribution in [0.1, 0.15) is 30.0 Å². The normalized spacial score (nSPS) is 18.8. The lowest BCUT2D eigenvalue weighted by atomic mass is 9.95. The quantitative estimate of drug-likeness (QED) is 0.865. The molecular weight excluding hydrogens is 220 g/mol. The Kier molecular flexibility index (Phi) is 2.65. The molecule has 0 aromatic heterocycles. The molecule has 1 unspecified atom stereocenters. The number of hydrogen-bond acceptors (Lipinski definition) is 2. The van der Waals surface area contributed by atoms with Crippen LogP contribution >= 0.6 is 0 Å². The van der Waals surface area contributed by atoms with Crippen molar-refractivity contribution in [3.05, 3.63) is 47.5 Å². The van der Waals surface area contributed by atoms with Crippen molar-refractivity contribution in [1.29, 1.82) is 0 Å². The molecule has 1 atom stereocenters. The summed E-state index contributed by atoms with van der Waals surface area (Å²) < 4.78 is 0. The second kappa shape index (κ2) is 4.08. The molecule has 0 heterocycles. The van der Waals surface area contributed by atoms with Crippen molar-refractivity contribution in [3.8, 4) is 0 Å². The molecule has 1 saturated carbocycles. The lowest BCUT2D eigenvalue weighted by Crippen LogP contribution is -2.38. The van der Waals surface area contributed by atoms with Gasteiger partial charge in [-0.25, -0.2) is 0 Å². The van der Waals surface area contributed by atoms with Crippen LogP contribution in [-0.2, 0) is 0 Å². The van der Waals surface area contributed by atoms with Crippen molar-refractivity contribution >= 4 is 10.8 Å². The summed E-state index contributed by atoms with van der Waals surface area (Å²) in [6, 6.07) is 13.5. The van der Waals surface area contributed by atoms with Crippen LogP contribution in [0.2, 0.25) is 0 Å². The van der Waals surface area contributed by atoms with Crippen LogP contribution in [0.25, 0.3) is 10.8 Å². The fraction of sp³-hybridized carbons (Fsp3) is 0.375. The smallest absolute Gasteiger partial charge is 0.0500 e. The molecule has 1 aliphatic carbocycles. The van der Waals surface area contributed by atoms with Gasteiger partial charge >= 0.3 is 0 Å². The van der Waals surface area contributed by atoms with Crippen LogP contribution in [0.4, 0.5) is 0 Å². The Bertz CT molecular complexity index is 585. The maximum atomic E-state index is 6.34. The summed E-state index contributed by atoms with van der Waals surface area (Å²) in [7, 11) is 2.00. The largest absolute Gasteiger partial charge is 0.323 e. The molecule has 18 heavy (non-hydrogen) atoms. The predicted molar refractivity (Wildman–Crippen MR) is 76.6 cm³/mol. The van der Waals surface area contributed by atoms with E-state index in [-0.39, 0.29) is 11.6 Å². The van der Waals surface area contributed by atoms with Gasteiger partial charge in [0.25, 0.3) is 0 Å². The molecule has 0 amide bonds. The van der Waals surface area contributed by atoms with Crippen LogP contribution in [0.3, 0.4) is 0 Å². The summed E-state index contributed by atoms with van der Waals surface area (Å²) in [6.07, 6.45) is 2.23. The van der Waals surface area contributed by atoms with Crippen LogP contribution in [0, 0.1) is 6.92 Å². The summed E-state index contributed by atoms with van der Waals surface area (Å²) in [5.41, 5.74) is 8.91. The summed E-state index contributed by atoms with van der Waals surface area (Å²) in [5.74, 6) is 0. The molecule has 1 aliphatic rings. The van der Waals surface area contributed by atoms with E-state index in [1.807, 2.05) is 7.05 Å². The first-order chi connectivity index (χ1) is 8.62. The van der Waals surface area contributed by atoms with Crippen molar-refractivity contribution in [3.63, 3.8) is 0 Å². The molecule has 0 spiro atoms. The van der Waals surface area contributed by atoms with Crippen molar-refractivity contribution in [2.45, 2.75) is 31.3 Å². The van der Waals surface area contributed by atoms with Crippen LogP contribution in [-0.4, -0.2) is 12.6 Å². The molecule has 0 radical (unpaired) electrons. The third kappa shape index (κ3) is 1.92. The van der Waals surface area contributed by atoms with Gasteiger partial charge in [-0.1, -0.05) is 35.9 Å². The summed E-state index contributed by atoms with van der Waals surface area (Å²) in [6.45, 7) is 2.13. The third-order valence-corrected chi connectivity index (χ3v) is 4.04. The highest BCUT2D eigenvalue weighted by atomic mass is 15.0. The minimum Gasteiger partial charge on any atom is -0.323 e. The zero-order valence-corrected chi connectivity index (χ0v) is 11.0. The van der Waals surface area contributed by atoms with Crippen LogP contribution < -0.4 is 11.1 Å². The summed E-state index contributed by atoms with van der Waals surface area (Å²) in [4.78, 5) is 0. The van der Waals surface area contributed by atoms with Crippen molar-refractivity contribution in [2.75, 3.05) is 7.05 Å². The van der Waals surface area contributed by atoms with E-state index in [1.54, 1.807) is 0 Å². The van der Waals surface area contributed by atoms with E-state index in [0.29, 0.717) is 0 Å². The van der Waals surface area contributed by atoms with Gasteiger partial charge in [0, 0.05) is 5.54 Å². The molecule has 3 N–H and O–H groups in total. The number of nitrogens with two attached hydrogens (primary N) is 1. The molecule has 3 rings (SSSR count). The van der Waals surface area contributed by atoms with Gasteiger partial charge in [0.1, 0.15) is 0 Å². The SMILES string of the molecule is CNC(c1ccc2cc(C)ccc2c1)C1(N)CC1. The third-order valence-electron chi connectivity index (χ3n) is 4.04. The van der Waals surface area contributed by atoms with E-state index in [1.165, 1.54) is 21.9 Å². The van der Waals surface area contributed by atoms with Crippen LogP contribution in [0.5, 0.6) is 0 Å². The zero-order chi connectivity index (χ0) is 12.8. The van der Waals surface area contributed by atoms with Crippen molar-refractivity contribution in [1.82, 2.24) is 5.32 Å². The Morgan fingerprint density at radius 1 is 1.11 bits per heavy atom. The fourth-order valence-corrected chi connectivity index (χ4v) is 2.78. The van der Waals surface area contributed by atoms with E-state index < -0.39 is 0 Å². The predicted octanol–water partition coefficient (Wildman–Crippen LogP) is 2.90. The van der Waals surface area contributed by atoms with Gasteiger partial charge in [-0.05, 0) is 49.2 Å². The standard InChI is InChI=1S/C16H20N2/c1-11-3-4-13-10-14(6-5-12(13)9-11)15(18-2)16(17)7-8-16/h3-6,9-10,15,18H,7-8,17H2,1-2H3. The fourth-order valence-electron chi connectivity index (χ4n) is 2.78. The molecule has 2 aromatic rings. The summed E-state index contributed by atoms with van der Waals surface area (Å²) in [5, 5.41) is 5.97. The van der Waals surface area contributed by atoms with E-state index in [9.17, 15) is 0 Å². The van der Waals surface area contributed by atoms with Gasteiger partial charge in [-0.3, -0.25) is 0 Å². The second-order valence-corrected chi connectivity index (χ2v) is 5.56. The Morgan fingerprint density at radius 3 is 2.44 bits per heavy atom. The number of rotatable bonds is 3. The Balaban J connectivity index is 2.04. The minimum absolute atomic E-state index is 0.0346. The molecule has 0 aliphatic heterocycles. The average molecular weight is 240 g/mol. The van der Waals surface area contributed by atoms with Crippen LogP contribution in [0.15, 0.2) is 36.4 Å². The molecule has 2 heteroatoms. The Labute approximate surface area is 108 Å². The molecule has 0 bridgehead atoms. The van der Waals surface area contributed by atoms with E-state index in [0.717, 1.165) is 12.8 Å². The minimum atomic E-state index is -0.0346. The van der Waals surface area contributed by atoms with E-state index in [2.05, 4.69) is 48.6 Å². The molecule has 1 fully saturated rings. The number of fused-ring (bicyclic) bond motifs is 1. The number of benzene rings is 2. The van der Waals surface area contributed by atoms with Gasteiger partial charge in [-0.15, -0.1) is 0 Å². The maximum absolute atomic E-state index is 6.34. The molecule has 2 nitrogen and oxygen atoms in total. The number of nitrogens with one attached hydrogen (secondary N) is 1. The van der Waals surface area contributed by atoms with Gasteiger partial charge in [0.15, 0.2) is 0 Å². The second-order valence-electron chi connectivity index (χ2n) is 5.56. The molecule has 0 saturated heterocycles. The number of likely N-dealkylation sites (N-methyl/N-ethyl adjacent to an activating group) is 1. The van der Waals surface area contributed by atoms with Crippen molar-refractivity contribution < 1.29 is 0 Å². The Morgan fingerprint density at radius 2 is 1.78 bits per heavy atom. The van der Waals surface area contributed by atoms with Gasteiger partial charge in [0.2, 0.25) is 0 Å². The highest BCUT2D eigenvalue weighted by molar-refractivity contribution is 5.84. The topological polar surface area (TPSA) is 38.0 Å². The lowest BCUT2D eigenvalue weighted by molar-refractivity contribution is 0.462. The first kappa shape index (κ1) is 11.7.